The second kappa shape index (κ2) is 10.7. The highest BCUT2D eigenvalue weighted by Gasteiger charge is 2.20. The molecule has 202 valence electrons. The lowest BCUT2D eigenvalue weighted by Gasteiger charge is -2.15. The molecule has 0 aliphatic rings. The van der Waals surface area contributed by atoms with Crippen molar-refractivity contribution in [3.8, 4) is 28.5 Å². The molecule has 0 spiro atoms. The number of fused-ring (bicyclic) bond motifs is 1. The molecule has 0 saturated carbocycles. The fourth-order valence-electron chi connectivity index (χ4n) is 4.56. The van der Waals surface area contributed by atoms with E-state index in [0.717, 1.165) is 0 Å². The van der Waals surface area contributed by atoms with Crippen molar-refractivity contribution >= 4 is 16.8 Å². The average Bonchev–Trinajstić information content (AvgIpc) is 2.93. The van der Waals surface area contributed by atoms with Crippen molar-refractivity contribution in [2.24, 2.45) is 7.05 Å². The fraction of sp³-hybridized carbons (Fsp3) is 0.161. The third-order valence-corrected chi connectivity index (χ3v) is 6.75. The maximum atomic E-state index is 15.1. The number of ether oxygens (including phenoxy) is 2. The molecule has 0 saturated heterocycles. The number of aromatic nitrogens is 3. The lowest BCUT2D eigenvalue weighted by molar-refractivity contribution is 0.0991. The summed E-state index contributed by atoms with van der Waals surface area (Å²) in [4.78, 5) is 35.3. The molecular formula is C31H25F2N3O4. The van der Waals surface area contributed by atoms with Crippen molar-refractivity contribution in [2.45, 2.75) is 20.3 Å². The Morgan fingerprint density at radius 1 is 1.00 bits per heavy atom. The van der Waals surface area contributed by atoms with Crippen LogP contribution in [-0.4, -0.2) is 27.4 Å². The van der Waals surface area contributed by atoms with E-state index in [9.17, 15) is 14.0 Å². The quantitative estimate of drug-likeness (QED) is 0.231. The van der Waals surface area contributed by atoms with Gasteiger partial charge in [0.15, 0.2) is 28.5 Å². The van der Waals surface area contributed by atoms with Crippen LogP contribution in [0.15, 0.2) is 71.8 Å². The molecule has 0 bridgehead atoms. The molecule has 40 heavy (non-hydrogen) atoms. The highest BCUT2D eigenvalue weighted by molar-refractivity contribution is 5.98. The van der Waals surface area contributed by atoms with Gasteiger partial charge in [-0.05, 0) is 60.9 Å². The van der Waals surface area contributed by atoms with Gasteiger partial charge in [-0.3, -0.25) is 14.6 Å². The van der Waals surface area contributed by atoms with Crippen LogP contribution >= 0.6 is 0 Å². The van der Waals surface area contributed by atoms with Crippen molar-refractivity contribution in [2.75, 3.05) is 7.11 Å². The number of nitrogens with zero attached hydrogens (tertiary/aromatic N) is 3. The number of aryl methyl sites for hydroxylation is 2. The van der Waals surface area contributed by atoms with E-state index in [2.05, 4.69) is 9.97 Å². The van der Waals surface area contributed by atoms with Crippen molar-refractivity contribution in [3.05, 3.63) is 111 Å². The third kappa shape index (κ3) is 5.05. The average molecular weight is 542 g/mol. The summed E-state index contributed by atoms with van der Waals surface area (Å²) in [6.07, 6.45) is 2.81. The number of hydrogen-bond donors (Lipinski definition) is 0. The van der Waals surface area contributed by atoms with Gasteiger partial charge in [-0.15, -0.1) is 0 Å². The first kappa shape index (κ1) is 26.7. The van der Waals surface area contributed by atoms with Gasteiger partial charge in [0.25, 0.3) is 0 Å². The Balaban J connectivity index is 1.43. The highest BCUT2D eigenvalue weighted by atomic mass is 19.1. The van der Waals surface area contributed by atoms with Gasteiger partial charge in [0.05, 0.1) is 18.2 Å². The highest BCUT2D eigenvalue weighted by Crippen LogP contribution is 2.31. The molecule has 0 fully saturated rings. The molecule has 0 N–H and O–H groups in total. The number of rotatable bonds is 7. The van der Waals surface area contributed by atoms with Crippen molar-refractivity contribution in [1.29, 1.82) is 0 Å². The number of methoxy groups -OCH3 is 1. The largest absolute Gasteiger partial charge is 0.481 e. The molecule has 0 aliphatic heterocycles. The van der Waals surface area contributed by atoms with E-state index in [4.69, 9.17) is 9.47 Å². The van der Waals surface area contributed by atoms with Gasteiger partial charge in [-0.25, -0.2) is 13.8 Å². The number of pyridine rings is 3. The summed E-state index contributed by atoms with van der Waals surface area (Å²) in [7, 11) is 3.22. The first-order valence-electron chi connectivity index (χ1n) is 12.4. The van der Waals surface area contributed by atoms with Gasteiger partial charge < -0.3 is 14.0 Å². The van der Waals surface area contributed by atoms with Crippen molar-refractivity contribution in [1.82, 2.24) is 14.5 Å². The Hall–Kier alpha value is -4.92. The Morgan fingerprint density at radius 2 is 1.80 bits per heavy atom. The van der Waals surface area contributed by atoms with Crippen LogP contribution < -0.4 is 14.9 Å². The summed E-state index contributed by atoms with van der Waals surface area (Å²) in [5.41, 5.74) is 2.94. The maximum Gasteiger partial charge on any atom is 0.213 e. The van der Waals surface area contributed by atoms with Gasteiger partial charge in [-0.1, -0.05) is 12.1 Å². The fourth-order valence-corrected chi connectivity index (χ4v) is 4.56. The zero-order valence-corrected chi connectivity index (χ0v) is 22.3. The van der Waals surface area contributed by atoms with Crippen LogP contribution in [0.25, 0.3) is 22.2 Å². The zero-order chi connectivity index (χ0) is 28.6. The number of carbonyl (C=O) groups is 1. The van der Waals surface area contributed by atoms with Gasteiger partial charge in [0.2, 0.25) is 5.88 Å². The summed E-state index contributed by atoms with van der Waals surface area (Å²) >= 11 is 0. The van der Waals surface area contributed by atoms with E-state index >= 15 is 4.39 Å². The van der Waals surface area contributed by atoms with Gasteiger partial charge >= 0.3 is 0 Å². The van der Waals surface area contributed by atoms with Crippen LogP contribution in [0, 0.1) is 25.5 Å². The maximum absolute atomic E-state index is 15.1. The monoisotopic (exact) mass is 541 g/mol. The van der Waals surface area contributed by atoms with Crippen LogP contribution in [-0.2, 0) is 13.5 Å². The minimum Gasteiger partial charge on any atom is -0.481 e. The van der Waals surface area contributed by atoms with Crippen LogP contribution in [0.1, 0.15) is 27.2 Å². The summed E-state index contributed by atoms with van der Waals surface area (Å²) in [6.45, 7) is 3.47. The van der Waals surface area contributed by atoms with Gasteiger partial charge in [0.1, 0.15) is 11.3 Å². The Morgan fingerprint density at radius 3 is 2.52 bits per heavy atom. The van der Waals surface area contributed by atoms with E-state index in [0.29, 0.717) is 50.6 Å². The zero-order valence-electron chi connectivity index (χ0n) is 22.3. The predicted octanol–water partition coefficient (Wildman–Crippen LogP) is 6.12. The summed E-state index contributed by atoms with van der Waals surface area (Å²) in [5.74, 6) is -0.971. The number of carbonyl (C=O) groups excluding carboxylic acids is 1. The summed E-state index contributed by atoms with van der Waals surface area (Å²) in [5, 5.41) is 0. The van der Waals surface area contributed by atoms with Crippen LogP contribution in [0.4, 0.5) is 8.78 Å². The van der Waals surface area contributed by atoms with E-state index in [-0.39, 0.29) is 17.7 Å². The summed E-state index contributed by atoms with van der Waals surface area (Å²) < 4.78 is 41.4. The third-order valence-electron chi connectivity index (χ3n) is 6.75. The second-order valence-corrected chi connectivity index (χ2v) is 9.40. The Kier molecular flexibility index (Phi) is 7.13. The molecule has 0 unspecified atom stereocenters. The minimum atomic E-state index is -0.683. The van der Waals surface area contributed by atoms with Gasteiger partial charge in [0, 0.05) is 49.3 Å². The minimum absolute atomic E-state index is 0.0316. The number of ketones is 1. The SMILES string of the molecule is COc1ccc2nccc(Oc3ccc(CC(=O)c4cn(C)c(C)c(-c5ccc(F)cc5C)c4=O)cc3F)c2n1. The molecule has 0 atom stereocenters. The Bertz CT molecular complexity index is 1850. The molecule has 0 aliphatic carbocycles. The summed E-state index contributed by atoms with van der Waals surface area (Å²) in [6, 6.07) is 13.3. The molecule has 9 heteroatoms. The van der Waals surface area contributed by atoms with Crippen molar-refractivity contribution in [3.63, 3.8) is 0 Å². The molecule has 7 nitrogen and oxygen atoms in total. The first-order valence-corrected chi connectivity index (χ1v) is 12.4. The number of benzene rings is 2. The van der Waals surface area contributed by atoms with Crippen LogP contribution in [0.3, 0.4) is 0 Å². The number of hydrogen-bond acceptors (Lipinski definition) is 6. The van der Waals surface area contributed by atoms with E-state index in [1.165, 1.54) is 49.8 Å². The lowest BCUT2D eigenvalue weighted by atomic mass is 9.95. The lowest BCUT2D eigenvalue weighted by Crippen LogP contribution is -2.23. The molecule has 5 aromatic rings. The van der Waals surface area contributed by atoms with Crippen LogP contribution in [0.2, 0.25) is 0 Å². The standard InChI is InChI=1S/C31H25F2N3O4/c1-17-13-20(32)6-7-21(17)29-18(2)36(3)16-22(31(29)38)25(37)15-19-5-9-26(23(33)14-19)40-27-11-12-34-24-8-10-28(39-4)35-30(24)27/h5-14,16H,15H2,1-4H3. The topological polar surface area (TPSA) is 83.3 Å². The molecule has 5 rings (SSSR count). The predicted molar refractivity (Wildman–Crippen MR) is 147 cm³/mol. The van der Waals surface area contributed by atoms with E-state index in [1.807, 2.05) is 0 Å². The smallest absolute Gasteiger partial charge is 0.213 e. The second-order valence-electron chi connectivity index (χ2n) is 9.40. The molecule has 0 amide bonds. The van der Waals surface area contributed by atoms with E-state index in [1.54, 1.807) is 49.7 Å². The number of halogens is 2. The van der Waals surface area contributed by atoms with Gasteiger partial charge in [-0.2, -0.15) is 0 Å². The molecule has 3 heterocycles. The molecule has 2 aromatic carbocycles. The van der Waals surface area contributed by atoms with Crippen molar-refractivity contribution < 1.29 is 23.0 Å². The molecule has 3 aromatic heterocycles. The molecular weight excluding hydrogens is 516 g/mol. The van der Waals surface area contributed by atoms with E-state index < -0.39 is 22.8 Å². The number of Topliss-reactive ketones (excluding diaryl/α,β-unsaturated/α-hetero) is 1. The Labute approximate surface area is 228 Å². The van der Waals surface area contributed by atoms with Crippen LogP contribution in [0.5, 0.6) is 17.4 Å². The normalized spacial score (nSPS) is 11.1. The molecule has 0 radical (unpaired) electrons. The first-order chi connectivity index (χ1) is 19.2.